The van der Waals surface area contributed by atoms with E-state index in [-0.39, 0.29) is 11.8 Å². The Morgan fingerprint density at radius 2 is 2.31 bits per heavy atom. The molecule has 1 N–H and O–H groups in total. The lowest BCUT2D eigenvalue weighted by atomic mass is 10.2. The van der Waals surface area contributed by atoms with Crippen LogP contribution in [0.25, 0.3) is 0 Å². The van der Waals surface area contributed by atoms with Gasteiger partial charge < -0.3 is 9.84 Å². The molecule has 0 saturated heterocycles. The summed E-state index contributed by atoms with van der Waals surface area (Å²) in [5, 5.41) is 8.91. The Kier molecular flexibility index (Phi) is 4.82. The van der Waals surface area contributed by atoms with Gasteiger partial charge in [-0.05, 0) is 29.3 Å². The van der Waals surface area contributed by atoms with E-state index in [4.69, 9.17) is 9.84 Å². The summed E-state index contributed by atoms with van der Waals surface area (Å²) in [5.41, 5.74) is -0.0387. The monoisotopic (exact) mass is 288 g/mol. The Labute approximate surface area is 102 Å². The second-order valence-corrected chi connectivity index (χ2v) is 3.94. The SMILES string of the molecule is CCOC(CC)c1ncc(Br)c(C(=O)O)n1. The van der Waals surface area contributed by atoms with Gasteiger partial charge in [-0.1, -0.05) is 6.92 Å². The molecule has 6 heteroatoms. The van der Waals surface area contributed by atoms with Gasteiger partial charge in [0.15, 0.2) is 11.5 Å². The Hall–Kier alpha value is -1.01. The van der Waals surface area contributed by atoms with Crippen LogP contribution in [0.4, 0.5) is 0 Å². The molecule has 0 aromatic carbocycles. The van der Waals surface area contributed by atoms with Crippen molar-refractivity contribution in [2.45, 2.75) is 26.4 Å². The van der Waals surface area contributed by atoms with Gasteiger partial charge in [-0.25, -0.2) is 14.8 Å². The van der Waals surface area contributed by atoms with Crippen LogP contribution in [0.1, 0.15) is 42.7 Å². The highest BCUT2D eigenvalue weighted by atomic mass is 79.9. The van der Waals surface area contributed by atoms with E-state index in [9.17, 15) is 4.79 Å². The standard InChI is InChI=1S/C10H13BrN2O3/c1-3-7(16-4-2)9-12-5-6(11)8(13-9)10(14)15/h5,7H,3-4H2,1-2H3,(H,14,15). The molecule has 1 unspecified atom stereocenters. The molecule has 0 saturated carbocycles. The first-order valence-corrected chi connectivity index (χ1v) is 5.76. The molecule has 1 aromatic heterocycles. The first-order valence-electron chi connectivity index (χ1n) is 4.97. The lowest BCUT2D eigenvalue weighted by molar-refractivity contribution is 0.0526. The van der Waals surface area contributed by atoms with Crippen molar-refractivity contribution < 1.29 is 14.6 Å². The molecule has 5 nitrogen and oxygen atoms in total. The number of carboxylic acid groups (broad SMARTS) is 1. The molecule has 1 aromatic rings. The van der Waals surface area contributed by atoms with E-state index in [1.165, 1.54) is 6.20 Å². The lowest BCUT2D eigenvalue weighted by Crippen LogP contribution is -2.12. The minimum Gasteiger partial charge on any atom is -0.476 e. The van der Waals surface area contributed by atoms with E-state index in [1.807, 2.05) is 13.8 Å². The van der Waals surface area contributed by atoms with Gasteiger partial charge >= 0.3 is 5.97 Å². The van der Waals surface area contributed by atoms with E-state index in [2.05, 4.69) is 25.9 Å². The van der Waals surface area contributed by atoms with E-state index < -0.39 is 5.97 Å². The minimum atomic E-state index is -1.08. The summed E-state index contributed by atoms with van der Waals surface area (Å²) in [5.74, 6) is -0.674. The summed E-state index contributed by atoms with van der Waals surface area (Å²) >= 11 is 3.09. The molecule has 1 atom stereocenters. The maximum Gasteiger partial charge on any atom is 0.355 e. The number of ether oxygens (including phenoxy) is 1. The third-order valence-corrected chi connectivity index (χ3v) is 2.57. The van der Waals surface area contributed by atoms with Gasteiger partial charge in [0.25, 0.3) is 0 Å². The highest BCUT2D eigenvalue weighted by Gasteiger charge is 2.17. The third kappa shape index (κ3) is 2.99. The second-order valence-electron chi connectivity index (χ2n) is 3.08. The zero-order valence-electron chi connectivity index (χ0n) is 9.11. The maximum atomic E-state index is 10.9. The molecule has 1 rings (SSSR count). The Morgan fingerprint density at radius 3 is 2.81 bits per heavy atom. The van der Waals surface area contributed by atoms with E-state index in [0.717, 1.165) is 0 Å². The second kappa shape index (κ2) is 5.91. The highest BCUT2D eigenvalue weighted by molar-refractivity contribution is 9.10. The summed E-state index contributed by atoms with van der Waals surface area (Å²) in [4.78, 5) is 18.9. The average molecular weight is 289 g/mol. The van der Waals surface area contributed by atoms with Gasteiger partial charge in [0, 0.05) is 12.8 Å². The van der Waals surface area contributed by atoms with Crippen LogP contribution in [0.2, 0.25) is 0 Å². The van der Waals surface area contributed by atoms with Crippen molar-refractivity contribution in [3.05, 3.63) is 22.2 Å². The molecule has 88 valence electrons. The smallest absolute Gasteiger partial charge is 0.355 e. The fourth-order valence-corrected chi connectivity index (χ4v) is 1.62. The van der Waals surface area contributed by atoms with Crippen LogP contribution in [0.15, 0.2) is 10.7 Å². The van der Waals surface area contributed by atoms with Crippen LogP contribution < -0.4 is 0 Å². The van der Waals surface area contributed by atoms with Crippen molar-refractivity contribution >= 4 is 21.9 Å². The fourth-order valence-electron chi connectivity index (χ4n) is 1.26. The minimum absolute atomic E-state index is 0.0387. The molecular weight excluding hydrogens is 276 g/mol. The van der Waals surface area contributed by atoms with Crippen LogP contribution in [0, 0.1) is 0 Å². The quantitative estimate of drug-likeness (QED) is 0.901. The summed E-state index contributed by atoms with van der Waals surface area (Å²) in [6, 6.07) is 0. The topological polar surface area (TPSA) is 72.3 Å². The number of rotatable bonds is 5. The average Bonchev–Trinajstić information content (AvgIpc) is 2.26. The van der Waals surface area contributed by atoms with Gasteiger partial charge in [-0.3, -0.25) is 0 Å². The van der Waals surface area contributed by atoms with Crippen LogP contribution in [-0.4, -0.2) is 27.7 Å². The zero-order chi connectivity index (χ0) is 12.1. The van der Waals surface area contributed by atoms with Gasteiger partial charge in [0.1, 0.15) is 6.10 Å². The van der Waals surface area contributed by atoms with Crippen molar-refractivity contribution in [3.8, 4) is 0 Å². The summed E-state index contributed by atoms with van der Waals surface area (Å²) in [7, 11) is 0. The van der Waals surface area contributed by atoms with Crippen molar-refractivity contribution in [2.75, 3.05) is 6.61 Å². The molecule has 0 radical (unpaired) electrons. The highest BCUT2D eigenvalue weighted by Crippen LogP contribution is 2.20. The zero-order valence-corrected chi connectivity index (χ0v) is 10.7. The number of aromatic carboxylic acids is 1. The van der Waals surface area contributed by atoms with Crippen LogP contribution in [0.5, 0.6) is 0 Å². The summed E-state index contributed by atoms with van der Waals surface area (Å²) in [6.07, 6.45) is 1.89. The summed E-state index contributed by atoms with van der Waals surface area (Å²) in [6.45, 7) is 4.35. The molecule has 0 spiro atoms. The van der Waals surface area contributed by atoms with Crippen molar-refractivity contribution in [1.82, 2.24) is 9.97 Å². The molecular formula is C10H13BrN2O3. The molecule has 0 amide bonds. The van der Waals surface area contributed by atoms with E-state index in [1.54, 1.807) is 0 Å². The lowest BCUT2D eigenvalue weighted by Gasteiger charge is -2.13. The number of hydrogen-bond acceptors (Lipinski definition) is 4. The fraction of sp³-hybridized carbons (Fsp3) is 0.500. The molecule has 1 heterocycles. The summed E-state index contributed by atoms with van der Waals surface area (Å²) < 4.78 is 5.79. The molecule has 0 aliphatic rings. The van der Waals surface area contributed by atoms with Crippen molar-refractivity contribution in [1.29, 1.82) is 0 Å². The van der Waals surface area contributed by atoms with Crippen LogP contribution >= 0.6 is 15.9 Å². The number of nitrogens with zero attached hydrogens (tertiary/aromatic N) is 2. The van der Waals surface area contributed by atoms with Crippen molar-refractivity contribution in [2.24, 2.45) is 0 Å². The van der Waals surface area contributed by atoms with Crippen LogP contribution in [-0.2, 0) is 4.74 Å². The Morgan fingerprint density at radius 1 is 1.62 bits per heavy atom. The number of halogens is 1. The Balaban J connectivity index is 3.05. The third-order valence-electron chi connectivity index (χ3n) is 1.99. The number of carboxylic acids is 1. The first-order chi connectivity index (χ1) is 7.60. The largest absolute Gasteiger partial charge is 0.476 e. The van der Waals surface area contributed by atoms with Gasteiger partial charge in [-0.2, -0.15) is 0 Å². The van der Waals surface area contributed by atoms with Gasteiger partial charge in [0.2, 0.25) is 0 Å². The molecule has 0 fully saturated rings. The molecule has 0 aliphatic carbocycles. The maximum absolute atomic E-state index is 10.9. The number of carbonyl (C=O) groups is 1. The van der Waals surface area contributed by atoms with E-state index >= 15 is 0 Å². The molecule has 0 bridgehead atoms. The van der Waals surface area contributed by atoms with E-state index in [0.29, 0.717) is 23.3 Å². The molecule has 16 heavy (non-hydrogen) atoms. The first kappa shape index (κ1) is 13.1. The molecule has 0 aliphatic heterocycles. The van der Waals surface area contributed by atoms with Gasteiger partial charge in [-0.15, -0.1) is 0 Å². The number of hydrogen-bond donors (Lipinski definition) is 1. The van der Waals surface area contributed by atoms with Crippen molar-refractivity contribution in [3.63, 3.8) is 0 Å². The van der Waals surface area contributed by atoms with Gasteiger partial charge in [0.05, 0.1) is 4.47 Å². The number of aromatic nitrogens is 2. The predicted molar refractivity (Wildman–Crippen MR) is 61.3 cm³/mol. The Bertz CT molecular complexity index is 384. The van der Waals surface area contributed by atoms with Crippen LogP contribution in [0.3, 0.4) is 0 Å². The predicted octanol–water partition coefficient (Wildman–Crippen LogP) is 2.42. The normalized spacial score (nSPS) is 12.4.